The van der Waals surface area contributed by atoms with E-state index in [9.17, 15) is 4.79 Å². The lowest BCUT2D eigenvalue weighted by molar-refractivity contribution is 0.0527. The van der Waals surface area contributed by atoms with Crippen molar-refractivity contribution in [2.75, 3.05) is 17.7 Å². The fourth-order valence-electron chi connectivity index (χ4n) is 1.63. The third kappa shape index (κ3) is 3.61. The van der Waals surface area contributed by atoms with Crippen LogP contribution in [0, 0.1) is 0 Å². The Morgan fingerprint density at radius 3 is 2.67 bits per heavy atom. The topological polar surface area (TPSA) is 77.2 Å². The van der Waals surface area contributed by atoms with E-state index < -0.39 is 5.97 Å². The fraction of sp³-hybridized carbons (Fsp3) is 0.538. The fourth-order valence-corrected chi connectivity index (χ4v) is 1.63. The van der Waals surface area contributed by atoms with Crippen molar-refractivity contribution in [2.45, 2.75) is 39.7 Å². The first-order chi connectivity index (χ1) is 8.62. The molecule has 1 heterocycles. The van der Waals surface area contributed by atoms with Gasteiger partial charge in [0.15, 0.2) is 0 Å². The normalized spacial score (nSPS) is 10.4. The molecule has 0 radical (unpaired) electrons. The first-order valence-electron chi connectivity index (χ1n) is 6.31. The van der Waals surface area contributed by atoms with Gasteiger partial charge in [0.2, 0.25) is 0 Å². The summed E-state index contributed by atoms with van der Waals surface area (Å²) in [6.07, 6.45) is 3.48. The summed E-state index contributed by atoms with van der Waals surface area (Å²) >= 11 is 0. The molecule has 0 aliphatic rings. The lowest BCUT2D eigenvalue weighted by atomic mass is 10.1. The Morgan fingerprint density at radius 2 is 2.11 bits per heavy atom. The summed E-state index contributed by atoms with van der Waals surface area (Å²) in [6, 6.07) is 1.99. The van der Waals surface area contributed by atoms with Gasteiger partial charge < -0.3 is 15.8 Å². The van der Waals surface area contributed by atoms with Gasteiger partial charge in [0, 0.05) is 6.04 Å². The first-order valence-corrected chi connectivity index (χ1v) is 6.31. The van der Waals surface area contributed by atoms with Gasteiger partial charge in [0.25, 0.3) is 0 Å². The van der Waals surface area contributed by atoms with Gasteiger partial charge in [0.1, 0.15) is 5.82 Å². The molecule has 0 aromatic carbocycles. The Bertz CT molecular complexity index is 403. The van der Waals surface area contributed by atoms with E-state index in [-0.39, 0.29) is 0 Å². The molecule has 0 spiro atoms. The maximum Gasteiger partial charge on any atom is 0.340 e. The first kappa shape index (κ1) is 14.3. The van der Waals surface area contributed by atoms with Crippen LogP contribution in [0.4, 0.5) is 11.5 Å². The highest BCUT2D eigenvalue weighted by atomic mass is 16.5. The molecule has 0 saturated heterocycles. The second-order valence-corrected chi connectivity index (χ2v) is 4.04. The number of carbonyl (C=O) groups excluding carboxylic acids is 1. The van der Waals surface area contributed by atoms with E-state index in [2.05, 4.69) is 24.1 Å². The van der Waals surface area contributed by atoms with E-state index >= 15 is 0 Å². The summed E-state index contributed by atoms with van der Waals surface area (Å²) in [6.45, 7) is 6.30. The molecule has 1 aromatic rings. The highest BCUT2D eigenvalue weighted by Crippen LogP contribution is 2.17. The number of pyridine rings is 1. The number of nitrogen functional groups attached to an aromatic ring is 1. The molecular weight excluding hydrogens is 230 g/mol. The molecule has 0 amide bonds. The minimum atomic E-state index is -0.412. The number of hydrogen-bond donors (Lipinski definition) is 2. The highest BCUT2D eigenvalue weighted by Gasteiger charge is 2.13. The van der Waals surface area contributed by atoms with E-state index in [0.29, 0.717) is 29.7 Å². The summed E-state index contributed by atoms with van der Waals surface area (Å²) in [4.78, 5) is 15.9. The summed E-state index contributed by atoms with van der Waals surface area (Å²) in [5.74, 6) is 0.242. The number of rotatable bonds is 6. The van der Waals surface area contributed by atoms with Crippen LogP contribution in [0.3, 0.4) is 0 Å². The number of esters is 1. The van der Waals surface area contributed by atoms with Crippen molar-refractivity contribution in [3.8, 4) is 0 Å². The van der Waals surface area contributed by atoms with Crippen LogP contribution in [0.25, 0.3) is 0 Å². The van der Waals surface area contributed by atoms with Crippen molar-refractivity contribution in [3.63, 3.8) is 0 Å². The number of anilines is 2. The van der Waals surface area contributed by atoms with Crippen LogP contribution in [-0.4, -0.2) is 23.6 Å². The zero-order valence-electron chi connectivity index (χ0n) is 11.2. The summed E-state index contributed by atoms with van der Waals surface area (Å²) in [5.41, 5.74) is 6.42. The van der Waals surface area contributed by atoms with Gasteiger partial charge in [-0.15, -0.1) is 0 Å². The molecule has 3 N–H and O–H groups in total. The minimum absolute atomic E-state index is 0.329. The highest BCUT2D eigenvalue weighted by molar-refractivity contribution is 5.95. The second-order valence-electron chi connectivity index (χ2n) is 4.04. The van der Waals surface area contributed by atoms with Gasteiger partial charge in [-0.05, 0) is 25.8 Å². The maximum absolute atomic E-state index is 11.7. The smallest absolute Gasteiger partial charge is 0.340 e. The Labute approximate surface area is 108 Å². The molecule has 0 aliphatic carbocycles. The molecule has 18 heavy (non-hydrogen) atoms. The van der Waals surface area contributed by atoms with E-state index in [0.717, 1.165) is 12.8 Å². The monoisotopic (exact) mass is 251 g/mol. The Kier molecular flexibility index (Phi) is 5.42. The van der Waals surface area contributed by atoms with Crippen LogP contribution >= 0.6 is 0 Å². The minimum Gasteiger partial charge on any atom is -0.462 e. The van der Waals surface area contributed by atoms with E-state index in [1.807, 2.05) is 0 Å². The molecule has 5 nitrogen and oxygen atoms in total. The lowest BCUT2D eigenvalue weighted by Crippen LogP contribution is -2.18. The Morgan fingerprint density at radius 1 is 1.44 bits per heavy atom. The average Bonchev–Trinajstić information content (AvgIpc) is 2.38. The maximum atomic E-state index is 11.7. The molecule has 0 unspecified atom stereocenters. The van der Waals surface area contributed by atoms with Crippen molar-refractivity contribution in [1.29, 1.82) is 0 Å². The van der Waals surface area contributed by atoms with Gasteiger partial charge in [-0.1, -0.05) is 13.8 Å². The van der Waals surface area contributed by atoms with Gasteiger partial charge in [-0.3, -0.25) is 0 Å². The average molecular weight is 251 g/mol. The van der Waals surface area contributed by atoms with Crippen LogP contribution < -0.4 is 11.1 Å². The third-order valence-electron chi connectivity index (χ3n) is 2.77. The predicted molar refractivity (Wildman–Crippen MR) is 72.6 cm³/mol. The molecule has 5 heteroatoms. The zero-order valence-corrected chi connectivity index (χ0v) is 11.2. The van der Waals surface area contributed by atoms with Gasteiger partial charge in [-0.2, -0.15) is 0 Å². The summed E-state index contributed by atoms with van der Waals surface area (Å²) in [7, 11) is 0. The van der Waals surface area contributed by atoms with Crippen LogP contribution in [0.1, 0.15) is 44.0 Å². The number of aromatic nitrogens is 1. The Balaban J connectivity index is 2.89. The van der Waals surface area contributed by atoms with Crippen molar-refractivity contribution >= 4 is 17.5 Å². The summed E-state index contributed by atoms with van der Waals surface area (Å²) in [5, 5.41) is 3.27. The van der Waals surface area contributed by atoms with Crippen LogP contribution in [0.15, 0.2) is 12.3 Å². The molecule has 1 rings (SSSR count). The molecule has 0 saturated carbocycles. The predicted octanol–water partition coefficient (Wildman–Crippen LogP) is 2.44. The molecule has 0 fully saturated rings. The van der Waals surface area contributed by atoms with Crippen LogP contribution in [-0.2, 0) is 4.74 Å². The van der Waals surface area contributed by atoms with Crippen molar-refractivity contribution in [3.05, 3.63) is 17.8 Å². The molecule has 100 valence electrons. The zero-order chi connectivity index (χ0) is 13.5. The van der Waals surface area contributed by atoms with Crippen LogP contribution in [0.2, 0.25) is 0 Å². The SMILES string of the molecule is CCOC(=O)c1cc(NC(CC)CC)ncc1N. The number of ether oxygens (including phenoxy) is 1. The molecule has 1 aromatic heterocycles. The molecule has 0 bridgehead atoms. The van der Waals surface area contributed by atoms with Crippen LogP contribution in [0.5, 0.6) is 0 Å². The quantitative estimate of drug-likeness (QED) is 0.759. The lowest BCUT2D eigenvalue weighted by Gasteiger charge is -2.16. The van der Waals surface area contributed by atoms with Gasteiger partial charge in [0.05, 0.1) is 24.1 Å². The third-order valence-corrected chi connectivity index (χ3v) is 2.77. The van der Waals surface area contributed by atoms with E-state index in [1.165, 1.54) is 6.20 Å². The van der Waals surface area contributed by atoms with E-state index in [4.69, 9.17) is 10.5 Å². The number of nitrogens with one attached hydrogen (secondary N) is 1. The molecular formula is C13H21N3O2. The summed E-state index contributed by atoms with van der Waals surface area (Å²) < 4.78 is 4.95. The number of nitrogens with zero attached hydrogens (tertiary/aromatic N) is 1. The van der Waals surface area contributed by atoms with E-state index in [1.54, 1.807) is 13.0 Å². The van der Waals surface area contributed by atoms with Gasteiger partial charge >= 0.3 is 5.97 Å². The number of carbonyl (C=O) groups is 1. The largest absolute Gasteiger partial charge is 0.462 e. The van der Waals surface area contributed by atoms with Gasteiger partial charge in [-0.25, -0.2) is 9.78 Å². The Hall–Kier alpha value is -1.78. The van der Waals surface area contributed by atoms with Crippen molar-refractivity contribution in [2.24, 2.45) is 0 Å². The second kappa shape index (κ2) is 6.83. The standard InChI is InChI=1S/C13H21N3O2/c1-4-9(5-2)16-12-7-10(11(14)8-15-12)13(17)18-6-3/h7-9H,4-6,14H2,1-3H3,(H,15,16). The van der Waals surface area contributed by atoms with Crippen molar-refractivity contribution in [1.82, 2.24) is 4.98 Å². The van der Waals surface area contributed by atoms with Crippen molar-refractivity contribution < 1.29 is 9.53 Å². The molecule has 0 aliphatic heterocycles. The molecule has 0 atom stereocenters. The number of hydrogen-bond acceptors (Lipinski definition) is 5. The number of nitrogens with two attached hydrogens (primary N) is 1.